The van der Waals surface area contributed by atoms with Gasteiger partial charge in [-0.25, -0.2) is 4.79 Å². The average molecular weight is 205 g/mol. The van der Waals surface area contributed by atoms with Crippen LogP contribution in [0.1, 0.15) is 16.7 Å². The van der Waals surface area contributed by atoms with Crippen LogP contribution in [0.25, 0.3) is 0 Å². The molecule has 2 rings (SSSR count). The molecule has 80 valence electrons. The number of carbonyl (C=O) groups is 1. The zero-order valence-electron chi connectivity index (χ0n) is 9.33. The maximum absolute atomic E-state index is 11.5. The molecule has 1 fully saturated rings. The van der Waals surface area contributed by atoms with Gasteiger partial charge in [0.25, 0.3) is 0 Å². The third-order valence-electron chi connectivity index (χ3n) is 2.67. The van der Waals surface area contributed by atoms with Crippen LogP contribution in [0, 0.1) is 20.8 Å². The van der Waals surface area contributed by atoms with E-state index in [4.69, 9.17) is 4.74 Å². The molecule has 0 aliphatic carbocycles. The molecule has 0 radical (unpaired) electrons. The molecule has 3 heteroatoms. The highest BCUT2D eigenvalue weighted by molar-refractivity contribution is 5.91. The van der Waals surface area contributed by atoms with Gasteiger partial charge in [0.15, 0.2) is 0 Å². The van der Waals surface area contributed by atoms with E-state index in [-0.39, 0.29) is 6.09 Å². The summed E-state index contributed by atoms with van der Waals surface area (Å²) in [5, 5.41) is 0. The maximum Gasteiger partial charge on any atom is 0.414 e. The van der Waals surface area contributed by atoms with Crippen LogP contribution in [0.2, 0.25) is 0 Å². The summed E-state index contributed by atoms with van der Waals surface area (Å²) >= 11 is 0. The van der Waals surface area contributed by atoms with E-state index in [2.05, 4.69) is 19.1 Å². The van der Waals surface area contributed by atoms with E-state index in [1.165, 1.54) is 5.56 Å². The first kappa shape index (κ1) is 10.0. The number of anilines is 1. The Morgan fingerprint density at radius 2 is 1.80 bits per heavy atom. The fourth-order valence-electron chi connectivity index (χ4n) is 2.19. The van der Waals surface area contributed by atoms with Crippen LogP contribution < -0.4 is 4.90 Å². The first-order chi connectivity index (χ1) is 7.09. The first-order valence-electron chi connectivity index (χ1n) is 5.12. The van der Waals surface area contributed by atoms with Crippen molar-refractivity contribution in [3.63, 3.8) is 0 Å². The monoisotopic (exact) mass is 205 g/mol. The topological polar surface area (TPSA) is 29.5 Å². The second-order valence-corrected chi connectivity index (χ2v) is 4.01. The van der Waals surface area contributed by atoms with Crippen molar-refractivity contribution in [2.75, 3.05) is 18.1 Å². The van der Waals surface area contributed by atoms with E-state index in [1.54, 1.807) is 4.90 Å². The number of ether oxygens (including phenoxy) is 1. The Morgan fingerprint density at radius 3 is 2.27 bits per heavy atom. The van der Waals surface area contributed by atoms with Gasteiger partial charge in [-0.1, -0.05) is 17.7 Å². The Kier molecular flexibility index (Phi) is 2.39. The van der Waals surface area contributed by atoms with Gasteiger partial charge in [-0.05, 0) is 31.9 Å². The van der Waals surface area contributed by atoms with Crippen LogP contribution in [-0.4, -0.2) is 19.2 Å². The van der Waals surface area contributed by atoms with E-state index in [0.29, 0.717) is 13.2 Å². The minimum Gasteiger partial charge on any atom is -0.447 e. The lowest BCUT2D eigenvalue weighted by Gasteiger charge is -2.19. The molecular weight excluding hydrogens is 190 g/mol. The Labute approximate surface area is 89.7 Å². The van der Waals surface area contributed by atoms with E-state index in [1.807, 2.05) is 13.8 Å². The summed E-state index contributed by atoms with van der Waals surface area (Å²) in [6, 6.07) is 4.18. The van der Waals surface area contributed by atoms with Crippen LogP contribution in [0.15, 0.2) is 12.1 Å². The molecule has 1 aromatic carbocycles. The van der Waals surface area contributed by atoms with Crippen molar-refractivity contribution in [2.24, 2.45) is 0 Å². The Balaban J connectivity index is 2.47. The first-order valence-corrected chi connectivity index (χ1v) is 5.12. The number of hydrogen-bond donors (Lipinski definition) is 0. The number of cyclic esters (lactones) is 1. The highest BCUT2D eigenvalue weighted by atomic mass is 16.6. The molecule has 0 unspecified atom stereocenters. The van der Waals surface area contributed by atoms with Crippen molar-refractivity contribution in [2.45, 2.75) is 20.8 Å². The van der Waals surface area contributed by atoms with Crippen LogP contribution in [-0.2, 0) is 4.74 Å². The zero-order valence-corrected chi connectivity index (χ0v) is 9.33. The van der Waals surface area contributed by atoms with Crippen LogP contribution >= 0.6 is 0 Å². The summed E-state index contributed by atoms with van der Waals surface area (Å²) in [6.07, 6.45) is -0.231. The number of nitrogens with zero attached hydrogens (tertiary/aromatic N) is 1. The second kappa shape index (κ2) is 3.57. The summed E-state index contributed by atoms with van der Waals surface area (Å²) < 4.78 is 4.95. The number of benzene rings is 1. The van der Waals surface area contributed by atoms with Gasteiger partial charge in [0.2, 0.25) is 0 Å². The lowest BCUT2D eigenvalue weighted by Crippen LogP contribution is -2.25. The zero-order chi connectivity index (χ0) is 11.0. The van der Waals surface area contributed by atoms with Crippen LogP contribution in [0.4, 0.5) is 10.5 Å². The standard InChI is InChI=1S/C12H15NO2/c1-8-6-9(2)11(10(3)7-8)13-4-5-15-12(13)14/h6-7H,4-5H2,1-3H3. The maximum atomic E-state index is 11.5. The Bertz CT molecular complexity index is 389. The van der Waals surface area contributed by atoms with E-state index in [9.17, 15) is 4.79 Å². The molecule has 0 N–H and O–H groups in total. The van der Waals surface area contributed by atoms with Crippen molar-refractivity contribution >= 4 is 11.8 Å². The number of rotatable bonds is 1. The summed E-state index contributed by atoms with van der Waals surface area (Å²) in [5.41, 5.74) is 4.49. The summed E-state index contributed by atoms with van der Waals surface area (Å²) in [6.45, 7) is 7.27. The molecule has 1 heterocycles. The third-order valence-corrected chi connectivity index (χ3v) is 2.67. The predicted molar refractivity (Wildman–Crippen MR) is 59.3 cm³/mol. The van der Waals surface area contributed by atoms with Gasteiger partial charge < -0.3 is 4.74 Å². The van der Waals surface area contributed by atoms with Gasteiger partial charge in [0, 0.05) is 0 Å². The smallest absolute Gasteiger partial charge is 0.414 e. The van der Waals surface area contributed by atoms with Crippen LogP contribution in [0.3, 0.4) is 0 Å². The van der Waals surface area contributed by atoms with Gasteiger partial charge in [-0.15, -0.1) is 0 Å². The van der Waals surface area contributed by atoms with Gasteiger partial charge in [-0.2, -0.15) is 0 Å². The number of amides is 1. The SMILES string of the molecule is Cc1cc(C)c(N2CCOC2=O)c(C)c1. The lowest BCUT2D eigenvalue weighted by molar-refractivity contribution is 0.181. The molecule has 15 heavy (non-hydrogen) atoms. The van der Waals surface area contributed by atoms with Gasteiger partial charge in [-0.3, -0.25) is 4.90 Å². The van der Waals surface area contributed by atoms with Crippen molar-refractivity contribution in [3.8, 4) is 0 Å². The van der Waals surface area contributed by atoms with Gasteiger partial charge in [0.1, 0.15) is 6.61 Å². The lowest BCUT2D eigenvalue weighted by atomic mass is 10.0. The fourth-order valence-corrected chi connectivity index (χ4v) is 2.19. The highest BCUT2D eigenvalue weighted by Gasteiger charge is 2.26. The normalized spacial score (nSPS) is 15.7. The Morgan fingerprint density at radius 1 is 1.20 bits per heavy atom. The van der Waals surface area contributed by atoms with Crippen molar-refractivity contribution in [3.05, 3.63) is 28.8 Å². The van der Waals surface area contributed by atoms with E-state index in [0.717, 1.165) is 16.8 Å². The quantitative estimate of drug-likeness (QED) is 0.705. The molecular formula is C12H15NO2. The minimum absolute atomic E-state index is 0.231. The molecule has 1 amide bonds. The van der Waals surface area contributed by atoms with E-state index >= 15 is 0 Å². The molecule has 0 atom stereocenters. The predicted octanol–water partition coefficient (Wildman–Crippen LogP) is 2.57. The molecule has 0 saturated carbocycles. The summed E-state index contributed by atoms with van der Waals surface area (Å²) in [5.74, 6) is 0. The van der Waals surface area contributed by atoms with Crippen molar-refractivity contribution in [1.29, 1.82) is 0 Å². The largest absolute Gasteiger partial charge is 0.447 e. The third kappa shape index (κ3) is 1.69. The Hall–Kier alpha value is -1.51. The molecule has 0 bridgehead atoms. The highest BCUT2D eigenvalue weighted by Crippen LogP contribution is 2.28. The van der Waals surface area contributed by atoms with Crippen LogP contribution in [0.5, 0.6) is 0 Å². The number of aryl methyl sites for hydroxylation is 3. The molecule has 3 nitrogen and oxygen atoms in total. The molecule has 1 aromatic rings. The van der Waals surface area contributed by atoms with E-state index < -0.39 is 0 Å². The molecule has 1 aliphatic heterocycles. The van der Waals surface area contributed by atoms with Crippen molar-refractivity contribution in [1.82, 2.24) is 0 Å². The molecule has 0 aromatic heterocycles. The summed E-state index contributed by atoms with van der Waals surface area (Å²) in [7, 11) is 0. The molecule has 1 saturated heterocycles. The summed E-state index contributed by atoms with van der Waals surface area (Å²) in [4.78, 5) is 13.2. The minimum atomic E-state index is -0.231. The second-order valence-electron chi connectivity index (χ2n) is 4.01. The number of carbonyl (C=O) groups excluding carboxylic acids is 1. The van der Waals surface area contributed by atoms with Gasteiger partial charge in [0.05, 0.1) is 12.2 Å². The fraction of sp³-hybridized carbons (Fsp3) is 0.417. The molecule has 0 spiro atoms. The average Bonchev–Trinajstić information content (AvgIpc) is 2.50. The number of hydrogen-bond acceptors (Lipinski definition) is 2. The van der Waals surface area contributed by atoms with Gasteiger partial charge >= 0.3 is 6.09 Å². The molecule has 1 aliphatic rings. The van der Waals surface area contributed by atoms with Crippen molar-refractivity contribution < 1.29 is 9.53 Å².